The van der Waals surface area contributed by atoms with E-state index in [0.29, 0.717) is 19.4 Å². The molecular weight excluding hydrogens is 512 g/mol. The number of epoxide rings is 1. The van der Waals surface area contributed by atoms with Crippen molar-refractivity contribution in [2.45, 2.75) is 70.7 Å². The zero-order valence-corrected chi connectivity index (χ0v) is 23.3. The summed E-state index contributed by atoms with van der Waals surface area (Å²) in [4.78, 5) is 50.1. The summed E-state index contributed by atoms with van der Waals surface area (Å²) in [5.74, 6) is -2.99. The summed E-state index contributed by atoms with van der Waals surface area (Å²) < 4.78 is 5.49. The Hall–Kier alpha value is -3.76. The van der Waals surface area contributed by atoms with Crippen LogP contribution in [0.2, 0.25) is 0 Å². The molecule has 2 aromatic carbocycles. The van der Waals surface area contributed by atoms with Crippen molar-refractivity contribution in [3.8, 4) is 0 Å². The van der Waals surface area contributed by atoms with Crippen LogP contribution in [0.25, 0.3) is 0 Å². The molecule has 0 radical (unpaired) electrons. The molecular formula is C30H40N4O6. The number of hydrogen-bond acceptors (Lipinski definition) is 6. The minimum absolute atomic E-state index is 0.0306. The van der Waals surface area contributed by atoms with E-state index in [1.54, 1.807) is 0 Å². The lowest BCUT2D eigenvalue weighted by atomic mass is 10.0. The summed E-state index contributed by atoms with van der Waals surface area (Å²) >= 11 is 0. The highest BCUT2D eigenvalue weighted by molar-refractivity contribution is 5.92. The zero-order valence-electron chi connectivity index (χ0n) is 23.3. The Morgan fingerprint density at radius 1 is 0.900 bits per heavy atom. The van der Waals surface area contributed by atoms with Gasteiger partial charge >= 0.3 is 5.97 Å². The molecule has 10 heteroatoms. The number of aryl methyl sites for hydroxylation is 2. The van der Waals surface area contributed by atoms with Gasteiger partial charge in [-0.1, -0.05) is 74.5 Å². The summed E-state index contributed by atoms with van der Waals surface area (Å²) in [6, 6.07) is 18.3. The predicted molar refractivity (Wildman–Crippen MR) is 150 cm³/mol. The number of carboxylic acids is 1. The fourth-order valence-corrected chi connectivity index (χ4v) is 4.42. The minimum Gasteiger partial charge on any atom is -0.480 e. The van der Waals surface area contributed by atoms with Gasteiger partial charge in [-0.2, -0.15) is 0 Å². The van der Waals surface area contributed by atoms with E-state index in [2.05, 4.69) is 28.2 Å². The van der Waals surface area contributed by atoms with E-state index < -0.39 is 42.5 Å². The average Bonchev–Trinajstić information content (AvgIpc) is 3.71. The lowest BCUT2D eigenvalue weighted by Crippen LogP contribution is -2.58. The van der Waals surface area contributed by atoms with E-state index >= 15 is 0 Å². The van der Waals surface area contributed by atoms with Gasteiger partial charge in [-0.3, -0.25) is 24.6 Å². The molecule has 1 heterocycles. The van der Waals surface area contributed by atoms with E-state index in [1.165, 1.54) is 12.5 Å². The topological polar surface area (TPSA) is 140 Å². The van der Waals surface area contributed by atoms with Gasteiger partial charge in [-0.15, -0.1) is 0 Å². The molecule has 4 N–H and O–H groups in total. The highest BCUT2D eigenvalue weighted by Gasteiger charge is 2.47. The van der Waals surface area contributed by atoms with Crippen LogP contribution in [0.15, 0.2) is 60.7 Å². The maximum Gasteiger partial charge on any atom is 0.325 e. The van der Waals surface area contributed by atoms with Gasteiger partial charge in [0, 0.05) is 0 Å². The molecule has 4 unspecified atom stereocenters. The Kier molecular flexibility index (Phi) is 11.6. The number of amides is 3. The molecule has 0 bridgehead atoms. The Labute approximate surface area is 235 Å². The number of benzene rings is 2. The second-order valence-electron chi connectivity index (χ2n) is 10.4. The van der Waals surface area contributed by atoms with Crippen LogP contribution in [0.5, 0.6) is 0 Å². The molecule has 1 saturated heterocycles. The molecule has 3 rings (SSSR count). The van der Waals surface area contributed by atoms with Crippen molar-refractivity contribution in [3.05, 3.63) is 71.8 Å². The van der Waals surface area contributed by atoms with E-state index in [1.807, 2.05) is 62.4 Å². The van der Waals surface area contributed by atoms with Crippen LogP contribution in [0, 0.1) is 5.92 Å². The summed E-state index contributed by atoms with van der Waals surface area (Å²) in [6.45, 7) is 5.21. The first-order chi connectivity index (χ1) is 19.2. The van der Waals surface area contributed by atoms with Crippen LogP contribution in [0.1, 0.15) is 44.7 Å². The van der Waals surface area contributed by atoms with Crippen molar-refractivity contribution in [2.75, 3.05) is 13.1 Å². The van der Waals surface area contributed by atoms with Gasteiger partial charge in [0.15, 0.2) is 6.10 Å². The number of carbonyl (C=O) groups is 4. The van der Waals surface area contributed by atoms with Crippen molar-refractivity contribution >= 4 is 23.7 Å². The Morgan fingerprint density at radius 3 is 2.08 bits per heavy atom. The van der Waals surface area contributed by atoms with Gasteiger partial charge in [0.1, 0.15) is 12.6 Å². The largest absolute Gasteiger partial charge is 0.480 e. The van der Waals surface area contributed by atoms with E-state index in [4.69, 9.17) is 4.74 Å². The number of aliphatic carboxylic acids is 1. The number of carbonyl (C=O) groups excluding carboxylic acids is 3. The Balaban J connectivity index is 1.48. The quantitative estimate of drug-likeness (QED) is 0.151. The molecule has 1 fully saturated rings. The van der Waals surface area contributed by atoms with Crippen molar-refractivity contribution in [1.82, 2.24) is 21.1 Å². The second kappa shape index (κ2) is 15.1. The van der Waals surface area contributed by atoms with Crippen molar-refractivity contribution in [2.24, 2.45) is 5.92 Å². The normalized spacial score (nSPS) is 17.5. The molecule has 1 aliphatic rings. The number of nitrogens with zero attached hydrogens (tertiary/aromatic N) is 1. The summed E-state index contributed by atoms with van der Waals surface area (Å²) in [5.41, 5.74) is 4.68. The second-order valence-corrected chi connectivity index (χ2v) is 10.4. The average molecular weight is 553 g/mol. The van der Waals surface area contributed by atoms with Gasteiger partial charge in [-0.25, -0.2) is 5.01 Å². The molecule has 0 spiro atoms. The fraction of sp³-hybridized carbons (Fsp3) is 0.467. The summed E-state index contributed by atoms with van der Waals surface area (Å²) in [6.07, 6.45) is 1.86. The molecule has 0 aliphatic carbocycles. The van der Waals surface area contributed by atoms with Gasteiger partial charge in [0.2, 0.25) is 5.91 Å². The molecule has 0 aromatic heterocycles. The first-order valence-corrected chi connectivity index (χ1v) is 13.8. The molecule has 3 amide bonds. The Morgan fingerprint density at radius 2 is 1.50 bits per heavy atom. The highest BCUT2D eigenvalue weighted by atomic mass is 16.6. The number of ether oxygens (including phenoxy) is 1. The van der Waals surface area contributed by atoms with Gasteiger partial charge in [0.25, 0.3) is 11.8 Å². The van der Waals surface area contributed by atoms with Crippen LogP contribution >= 0.6 is 0 Å². The van der Waals surface area contributed by atoms with Gasteiger partial charge in [-0.05, 0) is 56.2 Å². The smallest absolute Gasteiger partial charge is 0.325 e. The monoisotopic (exact) mass is 552 g/mol. The first-order valence-electron chi connectivity index (χ1n) is 13.8. The summed E-state index contributed by atoms with van der Waals surface area (Å²) in [7, 11) is 0. The summed E-state index contributed by atoms with van der Waals surface area (Å²) in [5, 5.41) is 16.0. The SMILES string of the molecule is CC(NC(=O)C(NCCCc1ccccc1)C(C)C)C(=O)NN(CC(=O)O)C(=O)C1OC1CCc1ccccc1. The van der Waals surface area contributed by atoms with E-state index in [9.17, 15) is 24.3 Å². The van der Waals surface area contributed by atoms with Crippen molar-refractivity contribution < 1.29 is 29.0 Å². The van der Waals surface area contributed by atoms with Crippen LogP contribution in [-0.4, -0.2) is 71.2 Å². The number of hydrogen-bond donors (Lipinski definition) is 4. The highest BCUT2D eigenvalue weighted by Crippen LogP contribution is 2.28. The molecule has 216 valence electrons. The van der Waals surface area contributed by atoms with Gasteiger partial charge in [0.05, 0.1) is 12.1 Å². The number of hydrazine groups is 1. The lowest BCUT2D eigenvalue weighted by Gasteiger charge is -2.26. The number of nitrogens with one attached hydrogen (secondary N) is 3. The maximum absolute atomic E-state index is 13.0. The molecule has 10 nitrogen and oxygen atoms in total. The standard InChI is InChI=1S/C30H40N4O6/c1-20(2)26(31-18-10-15-22-11-6-4-7-12-22)29(38)32-21(3)28(37)33-34(19-25(35)36)30(39)27-24(40-27)17-16-23-13-8-5-9-14-23/h4-9,11-14,20-21,24,26-27,31H,10,15-19H2,1-3H3,(H,32,38)(H,33,37)(H,35,36). The van der Waals surface area contributed by atoms with Crippen LogP contribution in [-0.2, 0) is 36.8 Å². The first kappa shape index (κ1) is 30.8. The minimum atomic E-state index is -1.29. The fourth-order valence-electron chi connectivity index (χ4n) is 4.42. The molecule has 1 aliphatic heterocycles. The van der Waals surface area contributed by atoms with Crippen molar-refractivity contribution in [1.29, 1.82) is 0 Å². The third-order valence-corrected chi connectivity index (χ3v) is 6.74. The molecule has 2 aromatic rings. The van der Waals surface area contributed by atoms with E-state index in [0.717, 1.165) is 23.4 Å². The third-order valence-electron chi connectivity index (χ3n) is 6.74. The molecule has 40 heavy (non-hydrogen) atoms. The lowest BCUT2D eigenvalue weighted by molar-refractivity contribution is -0.151. The molecule has 0 saturated carbocycles. The Bertz CT molecular complexity index is 1130. The van der Waals surface area contributed by atoms with Crippen LogP contribution in [0.4, 0.5) is 0 Å². The van der Waals surface area contributed by atoms with Crippen LogP contribution in [0.3, 0.4) is 0 Å². The zero-order chi connectivity index (χ0) is 29.1. The molecule has 4 atom stereocenters. The van der Waals surface area contributed by atoms with E-state index in [-0.39, 0.29) is 17.9 Å². The maximum atomic E-state index is 13.0. The third kappa shape index (κ3) is 9.77. The number of rotatable bonds is 15. The predicted octanol–water partition coefficient (Wildman–Crippen LogP) is 2.08. The van der Waals surface area contributed by atoms with Crippen LogP contribution < -0.4 is 16.1 Å². The van der Waals surface area contributed by atoms with Gasteiger partial charge < -0.3 is 20.5 Å². The number of carboxylic acid groups (broad SMARTS) is 1. The van der Waals surface area contributed by atoms with Crippen molar-refractivity contribution in [3.63, 3.8) is 0 Å².